The third-order valence-corrected chi connectivity index (χ3v) is 3.59. The second kappa shape index (κ2) is 4.66. The Bertz CT molecular complexity index is 715. The molecule has 0 spiro atoms. The highest BCUT2D eigenvalue weighted by atomic mass is 35.5. The van der Waals surface area contributed by atoms with E-state index < -0.39 is 0 Å². The van der Waals surface area contributed by atoms with Gasteiger partial charge in [-0.2, -0.15) is 4.98 Å². The SMILES string of the molecule is O=C1Cc2cnc(Cl)nc2N1c1ccc(OC2CC2)nc1. The lowest BCUT2D eigenvalue weighted by Crippen LogP contribution is -2.21. The molecule has 3 heterocycles. The Labute approximate surface area is 125 Å². The summed E-state index contributed by atoms with van der Waals surface area (Å²) >= 11 is 5.82. The molecule has 1 saturated carbocycles. The molecule has 2 aliphatic rings. The quantitative estimate of drug-likeness (QED) is 0.814. The number of halogens is 1. The van der Waals surface area contributed by atoms with Crippen LogP contribution in [0.15, 0.2) is 24.5 Å². The zero-order chi connectivity index (χ0) is 14.4. The van der Waals surface area contributed by atoms with Crippen molar-refractivity contribution in [2.24, 2.45) is 0 Å². The lowest BCUT2D eigenvalue weighted by atomic mass is 10.3. The molecule has 0 radical (unpaired) electrons. The summed E-state index contributed by atoms with van der Waals surface area (Å²) in [6.45, 7) is 0. The molecule has 0 bridgehead atoms. The van der Waals surface area contributed by atoms with Crippen LogP contribution in [0.3, 0.4) is 0 Å². The maximum Gasteiger partial charge on any atom is 0.237 e. The fourth-order valence-corrected chi connectivity index (χ4v) is 2.38. The number of fused-ring (bicyclic) bond motifs is 1. The lowest BCUT2D eigenvalue weighted by Gasteiger charge is -2.16. The van der Waals surface area contributed by atoms with Gasteiger partial charge in [0, 0.05) is 17.8 Å². The minimum atomic E-state index is -0.0702. The molecule has 0 N–H and O–H groups in total. The van der Waals surface area contributed by atoms with Crippen molar-refractivity contribution < 1.29 is 9.53 Å². The normalized spacial score (nSPS) is 17.0. The zero-order valence-electron chi connectivity index (χ0n) is 11.0. The molecule has 7 heteroatoms. The van der Waals surface area contributed by atoms with Crippen LogP contribution < -0.4 is 9.64 Å². The van der Waals surface area contributed by atoms with Crippen molar-refractivity contribution in [3.8, 4) is 5.88 Å². The van der Waals surface area contributed by atoms with Crippen molar-refractivity contribution in [1.29, 1.82) is 0 Å². The second-order valence-corrected chi connectivity index (χ2v) is 5.40. The molecule has 0 atom stereocenters. The molecule has 6 nitrogen and oxygen atoms in total. The third-order valence-electron chi connectivity index (χ3n) is 3.41. The molecule has 2 aromatic rings. The average molecular weight is 303 g/mol. The van der Waals surface area contributed by atoms with Crippen molar-refractivity contribution in [3.05, 3.63) is 35.4 Å². The first-order valence-electron chi connectivity index (χ1n) is 6.68. The van der Waals surface area contributed by atoms with Crippen LogP contribution in [0.5, 0.6) is 5.88 Å². The van der Waals surface area contributed by atoms with Crippen LogP contribution in [0, 0.1) is 0 Å². The summed E-state index contributed by atoms with van der Waals surface area (Å²) in [5.41, 5.74) is 1.42. The summed E-state index contributed by atoms with van der Waals surface area (Å²) in [7, 11) is 0. The number of hydrogen-bond acceptors (Lipinski definition) is 5. The fourth-order valence-electron chi connectivity index (χ4n) is 2.25. The van der Waals surface area contributed by atoms with Gasteiger partial charge in [0.05, 0.1) is 18.3 Å². The number of carbonyl (C=O) groups excluding carboxylic acids is 1. The van der Waals surface area contributed by atoms with Crippen molar-refractivity contribution in [1.82, 2.24) is 15.0 Å². The fraction of sp³-hybridized carbons (Fsp3) is 0.286. The lowest BCUT2D eigenvalue weighted by molar-refractivity contribution is -0.116. The van der Waals surface area contributed by atoms with E-state index >= 15 is 0 Å². The molecule has 0 unspecified atom stereocenters. The number of anilines is 2. The van der Waals surface area contributed by atoms with Crippen molar-refractivity contribution in [3.63, 3.8) is 0 Å². The first kappa shape index (κ1) is 12.5. The summed E-state index contributed by atoms with van der Waals surface area (Å²) in [5, 5.41) is 0.120. The van der Waals surface area contributed by atoms with Gasteiger partial charge in [0.15, 0.2) is 0 Å². The smallest absolute Gasteiger partial charge is 0.237 e. The van der Waals surface area contributed by atoms with Crippen LogP contribution in [0.2, 0.25) is 5.28 Å². The molecule has 106 valence electrons. The summed E-state index contributed by atoms with van der Waals surface area (Å²) in [6, 6.07) is 3.56. The minimum Gasteiger partial charge on any atom is -0.474 e. The number of aromatic nitrogens is 3. The van der Waals surface area contributed by atoms with Crippen LogP contribution >= 0.6 is 11.6 Å². The van der Waals surface area contributed by atoms with E-state index in [-0.39, 0.29) is 17.6 Å². The summed E-state index contributed by atoms with van der Waals surface area (Å²) in [6.07, 6.45) is 5.92. The van der Waals surface area contributed by atoms with Crippen LogP contribution in [-0.4, -0.2) is 27.0 Å². The monoisotopic (exact) mass is 302 g/mol. The molecule has 2 aromatic heterocycles. The van der Waals surface area contributed by atoms with Crippen LogP contribution in [0.4, 0.5) is 11.5 Å². The van der Waals surface area contributed by atoms with E-state index in [0.29, 0.717) is 23.5 Å². The predicted molar refractivity (Wildman–Crippen MR) is 75.8 cm³/mol. The number of ether oxygens (including phenoxy) is 1. The van der Waals surface area contributed by atoms with Crippen molar-refractivity contribution in [2.75, 3.05) is 4.90 Å². The van der Waals surface area contributed by atoms with E-state index in [2.05, 4.69) is 15.0 Å². The van der Waals surface area contributed by atoms with Gasteiger partial charge < -0.3 is 4.74 Å². The number of carbonyl (C=O) groups is 1. The third kappa shape index (κ3) is 2.31. The predicted octanol–water partition coefficient (Wildman–Crippen LogP) is 2.29. The highest BCUT2D eigenvalue weighted by molar-refractivity contribution is 6.28. The highest BCUT2D eigenvalue weighted by Crippen LogP contribution is 2.34. The number of nitrogens with zero attached hydrogens (tertiary/aromatic N) is 4. The van der Waals surface area contributed by atoms with Gasteiger partial charge in [0.1, 0.15) is 11.9 Å². The van der Waals surface area contributed by atoms with Gasteiger partial charge in [-0.1, -0.05) is 0 Å². The van der Waals surface area contributed by atoms with E-state index in [0.717, 1.165) is 18.4 Å². The van der Waals surface area contributed by atoms with E-state index in [1.807, 2.05) is 0 Å². The standard InChI is InChI=1S/C14H11ClN4O2/c15-14-17-6-8-5-12(20)19(13(8)18-14)9-1-4-11(16-7-9)21-10-2-3-10/h1,4,6-7,10H,2-3,5H2. The van der Waals surface area contributed by atoms with Crippen LogP contribution in [0.25, 0.3) is 0 Å². The molecule has 4 rings (SSSR count). The van der Waals surface area contributed by atoms with E-state index in [4.69, 9.17) is 16.3 Å². The molecule has 21 heavy (non-hydrogen) atoms. The maximum atomic E-state index is 12.2. The van der Waals surface area contributed by atoms with Gasteiger partial charge in [0.2, 0.25) is 17.1 Å². The Morgan fingerprint density at radius 2 is 2.10 bits per heavy atom. The molecule has 1 amide bonds. The molecule has 0 saturated heterocycles. The van der Waals surface area contributed by atoms with Crippen LogP contribution in [0.1, 0.15) is 18.4 Å². The van der Waals surface area contributed by atoms with Gasteiger partial charge in [-0.3, -0.25) is 9.69 Å². The van der Waals surface area contributed by atoms with Gasteiger partial charge in [0.25, 0.3) is 0 Å². The van der Waals surface area contributed by atoms with Crippen LogP contribution in [-0.2, 0) is 11.2 Å². The first-order chi connectivity index (χ1) is 10.2. The first-order valence-corrected chi connectivity index (χ1v) is 7.05. The minimum absolute atomic E-state index is 0.0702. The number of pyridine rings is 1. The molecule has 0 aromatic carbocycles. The Hall–Kier alpha value is -2.21. The topological polar surface area (TPSA) is 68.2 Å². The average Bonchev–Trinajstić information content (AvgIpc) is 3.22. The highest BCUT2D eigenvalue weighted by Gasteiger charge is 2.31. The summed E-state index contributed by atoms with van der Waals surface area (Å²) in [4.78, 5) is 26.0. The summed E-state index contributed by atoms with van der Waals surface area (Å²) < 4.78 is 5.60. The molecule has 1 aliphatic heterocycles. The Kier molecular flexibility index (Phi) is 2.78. The molecule has 1 aliphatic carbocycles. The molecule has 1 fully saturated rings. The second-order valence-electron chi connectivity index (χ2n) is 5.07. The van der Waals surface area contributed by atoms with Gasteiger partial charge in [-0.25, -0.2) is 9.97 Å². The Morgan fingerprint density at radius 1 is 1.24 bits per heavy atom. The van der Waals surface area contributed by atoms with E-state index in [1.165, 1.54) is 4.90 Å². The largest absolute Gasteiger partial charge is 0.474 e. The number of amides is 1. The molecular formula is C14H11ClN4O2. The van der Waals surface area contributed by atoms with Gasteiger partial charge >= 0.3 is 0 Å². The van der Waals surface area contributed by atoms with Gasteiger partial charge in [-0.05, 0) is 30.5 Å². The van der Waals surface area contributed by atoms with E-state index in [1.54, 1.807) is 24.5 Å². The Balaban J connectivity index is 1.66. The summed E-state index contributed by atoms with van der Waals surface area (Å²) in [5.74, 6) is 1.03. The van der Waals surface area contributed by atoms with Gasteiger partial charge in [-0.15, -0.1) is 0 Å². The van der Waals surface area contributed by atoms with E-state index in [9.17, 15) is 4.79 Å². The molecular weight excluding hydrogens is 292 g/mol. The van der Waals surface area contributed by atoms with Crippen molar-refractivity contribution in [2.45, 2.75) is 25.4 Å². The van der Waals surface area contributed by atoms with Crippen molar-refractivity contribution >= 4 is 29.0 Å². The zero-order valence-corrected chi connectivity index (χ0v) is 11.7. The number of hydrogen-bond donors (Lipinski definition) is 0. The maximum absolute atomic E-state index is 12.2. The number of rotatable bonds is 3. The Morgan fingerprint density at radius 3 is 2.81 bits per heavy atom.